The zero-order valence-electron chi connectivity index (χ0n) is 11.7. The molecule has 0 saturated heterocycles. The van der Waals surface area contributed by atoms with E-state index in [4.69, 9.17) is 28.3 Å². The minimum atomic E-state index is -3.94. The third kappa shape index (κ3) is 4.55. The molecule has 9 heteroatoms. The van der Waals surface area contributed by atoms with E-state index in [0.29, 0.717) is 6.54 Å². The van der Waals surface area contributed by atoms with Gasteiger partial charge in [0.15, 0.2) is 0 Å². The van der Waals surface area contributed by atoms with Crippen molar-refractivity contribution >= 4 is 39.2 Å². The van der Waals surface area contributed by atoms with Gasteiger partial charge in [0.1, 0.15) is 4.90 Å². The van der Waals surface area contributed by atoms with Crippen molar-refractivity contribution < 1.29 is 18.3 Å². The number of rotatable bonds is 6. The molecule has 0 aromatic heterocycles. The van der Waals surface area contributed by atoms with Gasteiger partial charge in [0.25, 0.3) is 0 Å². The zero-order valence-corrected chi connectivity index (χ0v) is 14.1. The Bertz CT molecular complexity index is 647. The van der Waals surface area contributed by atoms with Crippen LogP contribution in [0.25, 0.3) is 0 Å². The molecule has 1 unspecified atom stereocenters. The smallest absolute Gasteiger partial charge is 0.338 e. The standard InChI is InChI=1S/C12H16Cl2N2O4S/c1-7(6-16(2)3)15-21(19,20)9-5-4-8(13)10(11(9)14)12(17)18/h4-5,7,15H,6H2,1-3H3,(H,17,18). The molecule has 0 aliphatic heterocycles. The molecule has 118 valence electrons. The molecule has 1 aromatic rings. The number of hydrogen-bond acceptors (Lipinski definition) is 4. The lowest BCUT2D eigenvalue weighted by Crippen LogP contribution is -2.39. The molecule has 0 saturated carbocycles. The van der Waals surface area contributed by atoms with Crippen LogP contribution in [-0.4, -0.2) is 51.1 Å². The number of sulfonamides is 1. The molecule has 1 aromatic carbocycles. The van der Waals surface area contributed by atoms with E-state index in [-0.39, 0.29) is 16.0 Å². The summed E-state index contributed by atoms with van der Waals surface area (Å²) in [5.74, 6) is -1.39. The SMILES string of the molecule is CC(CN(C)C)NS(=O)(=O)c1ccc(Cl)c(C(=O)O)c1Cl. The van der Waals surface area contributed by atoms with Gasteiger partial charge in [0, 0.05) is 12.6 Å². The van der Waals surface area contributed by atoms with Gasteiger partial charge >= 0.3 is 5.97 Å². The second-order valence-corrected chi connectivity index (χ2v) is 7.29. The molecule has 0 spiro atoms. The molecule has 0 bridgehead atoms. The molecule has 6 nitrogen and oxygen atoms in total. The van der Waals surface area contributed by atoms with Gasteiger partial charge < -0.3 is 10.0 Å². The van der Waals surface area contributed by atoms with Gasteiger partial charge in [-0.3, -0.25) is 0 Å². The fraction of sp³-hybridized carbons (Fsp3) is 0.417. The minimum absolute atomic E-state index is 0.118. The summed E-state index contributed by atoms with van der Waals surface area (Å²) in [5.41, 5.74) is -0.429. The van der Waals surface area contributed by atoms with Gasteiger partial charge in [-0.15, -0.1) is 0 Å². The van der Waals surface area contributed by atoms with Crippen molar-refractivity contribution in [3.05, 3.63) is 27.7 Å². The van der Waals surface area contributed by atoms with E-state index in [1.807, 2.05) is 19.0 Å². The van der Waals surface area contributed by atoms with Gasteiger partial charge in [0.05, 0.1) is 15.6 Å². The van der Waals surface area contributed by atoms with Crippen LogP contribution < -0.4 is 4.72 Å². The summed E-state index contributed by atoms with van der Waals surface area (Å²) in [5, 5.41) is 8.53. The molecular weight excluding hydrogens is 339 g/mol. The molecule has 1 atom stereocenters. The van der Waals surface area contributed by atoms with Gasteiger partial charge in [-0.05, 0) is 33.2 Å². The first kappa shape index (κ1) is 18.2. The summed E-state index contributed by atoms with van der Waals surface area (Å²) >= 11 is 11.6. The Labute approximate surface area is 133 Å². The number of carboxylic acids is 1. The Morgan fingerprint density at radius 1 is 1.38 bits per heavy atom. The van der Waals surface area contributed by atoms with Crippen LogP contribution in [0.15, 0.2) is 17.0 Å². The lowest BCUT2D eigenvalue weighted by molar-refractivity contribution is 0.0697. The first-order chi connectivity index (χ1) is 9.56. The van der Waals surface area contributed by atoms with Gasteiger partial charge in [-0.25, -0.2) is 17.9 Å². The first-order valence-corrected chi connectivity index (χ1v) is 8.18. The number of nitrogens with zero attached hydrogens (tertiary/aromatic N) is 1. The molecule has 0 amide bonds. The number of carboxylic acid groups (broad SMARTS) is 1. The van der Waals surface area contributed by atoms with Crippen molar-refractivity contribution in [2.75, 3.05) is 20.6 Å². The summed E-state index contributed by atoms with van der Waals surface area (Å²) in [4.78, 5) is 12.6. The topological polar surface area (TPSA) is 86.7 Å². The lowest BCUT2D eigenvalue weighted by atomic mass is 10.2. The van der Waals surface area contributed by atoms with E-state index in [1.54, 1.807) is 6.92 Å². The van der Waals surface area contributed by atoms with Crippen LogP contribution in [-0.2, 0) is 10.0 Å². The summed E-state index contributed by atoms with van der Waals surface area (Å²) in [7, 11) is -0.323. The second kappa shape index (κ2) is 6.93. The van der Waals surface area contributed by atoms with E-state index in [9.17, 15) is 13.2 Å². The van der Waals surface area contributed by atoms with Crippen LogP contribution in [0.3, 0.4) is 0 Å². The maximum absolute atomic E-state index is 12.3. The van der Waals surface area contributed by atoms with Crippen molar-refractivity contribution in [3.8, 4) is 0 Å². The number of aromatic carboxylic acids is 1. The van der Waals surface area contributed by atoms with Crippen LogP contribution in [0.2, 0.25) is 10.0 Å². The van der Waals surface area contributed by atoms with Crippen molar-refractivity contribution in [2.45, 2.75) is 17.9 Å². The summed E-state index contributed by atoms with van der Waals surface area (Å²) in [6.07, 6.45) is 0. The third-order valence-electron chi connectivity index (χ3n) is 2.55. The van der Waals surface area contributed by atoms with E-state index < -0.39 is 26.6 Å². The highest BCUT2D eigenvalue weighted by atomic mass is 35.5. The molecule has 0 aliphatic carbocycles. The average Bonchev–Trinajstić information content (AvgIpc) is 2.25. The normalized spacial score (nSPS) is 13.4. The maximum Gasteiger partial charge on any atom is 0.338 e. The average molecular weight is 355 g/mol. The second-order valence-electron chi connectivity index (χ2n) is 4.82. The highest BCUT2D eigenvalue weighted by Crippen LogP contribution is 2.31. The van der Waals surface area contributed by atoms with Crippen LogP contribution >= 0.6 is 23.2 Å². The fourth-order valence-corrected chi connectivity index (χ4v) is 4.00. The first-order valence-electron chi connectivity index (χ1n) is 5.94. The quantitative estimate of drug-likeness (QED) is 0.814. The number of nitrogens with one attached hydrogen (secondary N) is 1. The maximum atomic E-state index is 12.3. The van der Waals surface area contributed by atoms with Crippen molar-refractivity contribution in [2.24, 2.45) is 0 Å². The van der Waals surface area contributed by atoms with Crippen LogP contribution in [0.4, 0.5) is 0 Å². The summed E-state index contributed by atoms with van der Waals surface area (Å²) in [6.45, 7) is 2.18. The van der Waals surface area contributed by atoms with E-state index in [0.717, 1.165) is 0 Å². The molecule has 1 rings (SSSR count). The minimum Gasteiger partial charge on any atom is -0.478 e. The Kier molecular flexibility index (Phi) is 6.01. The predicted molar refractivity (Wildman–Crippen MR) is 81.8 cm³/mol. The Hall–Kier alpha value is -0.860. The number of likely N-dealkylation sites (N-methyl/N-ethyl adjacent to an activating group) is 1. The van der Waals surface area contributed by atoms with Gasteiger partial charge in [0.2, 0.25) is 10.0 Å². The van der Waals surface area contributed by atoms with Gasteiger partial charge in [-0.2, -0.15) is 0 Å². The number of benzene rings is 1. The Morgan fingerprint density at radius 2 is 1.95 bits per heavy atom. The van der Waals surface area contributed by atoms with Gasteiger partial charge in [-0.1, -0.05) is 23.2 Å². The summed E-state index contributed by atoms with van der Waals surface area (Å²) < 4.78 is 27.0. The van der Waals surface area contributed by atoms with E-state index in [1.165, 1.54) is 12.1 Å². The molecular formula is C12H16Cl2N2O4S. The molecule has 21 heavy (non-hydrogen) atoms. The highest BCUT2D eigenvalue weighted by molar-refractivity contribution is 7.89. The molecule has 0 heterocycles. The van der Waals surface area contributed by atoms with Crippen LogP contribution in [0, 0.1) is 0 Å². The van der Waals surface area contributed by atoms with Crippen molar-refractivity contribution in [1.29, 1.82) is 0 Å². The third-order valence-corrected chi connectivity index (χ3v) is 5.01. The van der Waals surface area contributed by atoms with Crippen molar-refractivity contribution in [1.82, 2.24) is 9.62 Å². The van der Waals surface area contributed by atoms with Crippen molar-refractivity contribution in [3.63, 3.8) is 0 Å². The van der Waals surface area contributed by atoms with E-state index >= 15 is 0 Å². The summed E-state index contributed by atoms with van der Waals surface area (Å²) in [6, 6.07) is 2.01. The monoisotopic (exact) mass is 354 g/mol. The number of halogens is 2. The molecule has 0 fully saturated rings. The predicted octanol–water partition coefficient (Wildman–Crippen LogP) is 1.92. The lowest BCUT2D eigenvalue weighted by Gasteiger charge is -2.19. The van der Waals surface area contributed by atoms with Crippen LogP contribution in [0.5, 0.6) is 0 Å². The van der Waals surface area contributed by atoms with Crippen LogP contribution in [0.1, 0.15) is 17.3 Å². The fourth-order valence-electron chi connectivity index (χ4n) is 1.85. The Balaban J connectivity index is 3.21. The molecule has 0 radical (unpaired) electrons. The number of hydrogen-bond donors (Lipinski definition) is 2. The molecule has 2 N–H and O–H groups in total. The van der Waals surface area contributed by atoms with E-state index in [2.05, 4.69) is 4.72 Å². The highest BCUT2D eigenvalue weighted by Gasteiger charge is 2.26. The largest absolute Gasteiger partial charge is 0.478 e. The zero-order chi connectivity index (χ0) is 16.4. The molecule has 0 aliphatic rings. The number of carbonyl (C=O) groups is 1. The Morgan fingerprint density at radius 3 is 2.43 bits per heavy atom.